The molecule has 4 aromatic carbocycles. The summed E-state index contributed by atoms with van der Waals surface area (Å²) < 4.78 is 47.2. The summed E-state index contributed by atoms with van der Waals surface area (Å²) in [5, 5.41) is 36.9. The molecule has 8 atom stereocenters. The predicted molar refractivity (Wildman–Crippen MR) is 295 cm³/mol. The Balaban J connectivity index is 0.000000151. The Kier molecular flexibility index (Phi) is 15.3. The number of nitrogens with zero attached hydrogens (tertiary/aromatic N) is 7. The molecule has 2 N–H and O–H groups in total. The first kappa shape index (κ1) is 54.6. The molecule has 0 amide bonds. The first-order valence-corrected chi connectivity index (χ1v) is 29.8. The first-order valence-electron chi connectivity index (χ1n) is 26.7. The topological polar surface area (TPSA) is 154 Å². The van der Waals surface area contributed by atoms with Crippen LogP contribution in [0.3, 0.4) is 0 Å². The van der Waals surface area contributed by atoms with E-state index in [9.17, 15) is 19.0 Å². The molecular weight excluding hydrogens is 1130 g/mol. The van der Waals surface area contributed by atoms with Crippen LogP contribution in [-0.2, 0) is 30.3 Å². The van der Waals surface area contributed by atoms with Crippen molar-refractivity contribution in [2.75, 3.05) is 26.3 Å². The third-order valence-electron chi connectivity index (χ3n) is 17.4. The van der Waals surface area contributed by atoms with E-state index in [2.05, 4.69) is 14.8 Å². The Morgan fingerprint density at radius 2 is 1.03 bits per heavy atom. The summed E-state index contributed by atoms with van der Waals surface area (Å²) in [6.45, 7) is 9.35. The summed E-state index contributed by atoms with van der Waals surface area (Å²) in [5.74, 6) is 0.277. The second-order valence-corrected chi connectivity index (χ2v) is 25.5. The smallest absolute Gasteiger partial charge is 0.373 e. The zero-order valence-electron chi connectivity index (χ0n) is 42.5. The number of halogens is 6. The highest BCUT2D eigenvalue weighted by molar-refractivity contribution is 7.19. The zero-order valence-corrected chi connectivity index (χ0v) is 47.2. The van der Waals surface area contributed by atoms with Crippen LogP contribution in [0.15, 0.2) is 99.5 Å². The lowest BCUT2D eigenvalue weighted by Gasteiger charge is -2.41. The van der Waals surface area contributed by atoms with Crippen LogP contribution < -0.4 is 0 Å². The van der Waals surface area contributed by atoms with E-state index in [0.717, 1.165) is 54.6 Å². The number of thiazole rings is 2. The molecule has 6 aromatic rings. The summed E-state index contributed by atoms with van der Waals surface area (Å²) in [4.78, 5) is 28.7. The van der Waals surface area contributed by atoms with Gasteiger partial charge in [0.25, 0.3) is 11.4 Å². The highest BCUT2D eigenvalue weighted by Gasteiger charge is 2.58. The Morgan fingerprint density at radius 1 is 0.620 bits per heavy atom. The Hall–Kier alpha value is -4.93. The van der Waals surface area contributed by atoms with E-state index in [1.165, 1.54) is 71.6 Å². The Bertz CT molecular complexity index is 3570. The van der Waals surface area contributed by atoms with Crippen LogP contribution in [0.25, 0.3) is 25.3 Å². The highest BCUT2D eigenvalue weighted by Crippen LogP contribution is 2.59. The van der Waals surface area contributed by atoms with Crippen molar-refractivity contribution in [1.82, 2.24) is 9.97 Å². The molecule has 0 spiro atoms. The van der Waals surface area contributed by atoms with Crippen molar-refractivity contribution in [3.63, 3.8) is 0 Å². The average molecular weight is 1190 g/mol. The van der Waals surface area contributed by atoms with Crippen LogP contribution in [-0.4, -0.2) is 74.2 Å². The van der Waals surface area contributed by atoms with Crippen molar-refractivity contribution >= 4 is 113 Å². The minimum atomic E-state index is -1.10. The van der Waals surface area contributed by atoms with Gasteiger partial charge in [-0.2, -0.15) is 9.59 Å². The van der Waals surface area contributed by atoms with E-state index in [4.69, 9.17) is 82.3 Å². The van der Waals surface area contributed by atoms with E-state index in [0.29, 0.717) is 103 Å². The number of hydrogen-bond acceptors (Lipinski definition) is 12. The third kappa shape index (κ3) is 10.1. The number of ether oxygens (including phenoxy) is 2. The molecule has 6 fully saturated rings. The fourth-order valence-electron chi connectivity index (χ4n) is 13.3. The molecular formula is C58H53Cl4F2N7O6S2+2. The van der Waals surface area contributed by atoms with Crippen LogP contribution in [0.1, 0.15) is 87.1 Å². The SMILES string of the molecule is O=C=O.OC1(c2nc3c(F)cccc3s2)[C@@H]2CC[C@H]1CC(OCC1=C(C3CC3)CN=[N+]1c1c(Cl)cccc1Cl)C2.[C-]#[N+]c1cc(F)c2nc(C3(O)[C@@H]4CC[C@H]3CC(OCC3=C(C5CC5)CN=[N+]3c3c(Cl)cccc3Cl)C4)sc2c1. The Morgan fingerprint density at radius 3 is 1.43 bits per heavy atom. The number of benzene rings is 4. The van der Waals surface area contributed by atoms with E-state index < -0.39 is 17.0 Å². The standard InChI is InChI=1S/C29H26Cl2FN4O2S.C28H27Cl2FN3O2S.CO2/c1-33-18-11-23(32)26-25(12-18)39-28(35-26)29(37)16-7-8-17(29)10-19(9-16)38-14-24-20(15-5-6-15)13-34-36(24)27-21(30)3-2-4-22(27)31;29-20-3-1-4-21(30)26(20)34-23(19(13-32-34)15-7-8-15)14-36-18-11-16-9-10-17(12-18)28(16,35)27-33-25-22(31)5-2-6-24(25)37-27;2-1-3/h2-4,11-12,15-17,19,37H,5-10,13-14H2;1-6,15-18,35H,7-14H2;/q2*+1;/t16-,17+,19?,29?;16-,17+,18?,28?;. The monoisotopic (exact) mass is 1190 g/mol. The van der Waals surface area contributed by atoms with E-state index >= 15 is 0 Å². The maximum atomic E-state index is 14.6. The lowest BCUT2D eigenvalue weighted by atomic mass is 9.73. The summed E-state index contributed by atoms with van der Waals surface area (Å²) >= 11 is 28.9. The van der Waals surface area contributed by atoms with Gasteiger partial charge in [0, 0.05) is 15.8 Å². The Labute approximate surface area is 482 Å². The number of rotatable bonds is 12. The van der Waals surface area contributed by atoms with Gasteiger partial charge < -0.3 is 19.7 Å². The second kappa shape index (κ2) is 22.1. The van der Waals surface area contributed by atoms with Gasteiger partial charge >= 0.3 is 6.15 Å². The number of hydrogen-bond donors (Lipinski definition) is 2. The fraction of sp³-hybridized carbons (Fsp3) is 0.448. The van der Waals surface area contributed by atoms with Crippen molar-refractivity contribution in [3.05, 3.63) is 142 Å². The number of fused-ring (bicyclic) bond motifs is 6. The number of aromatic nitrogens is 2. The molecule has 6 saturated carbocycles. The van der Waals surface area contributed by atoms with Crippen molar-refractivity contribution in [2.45, 2.75) is 100 Å². The van der Waals surface area contributed by atoms with Crippen molar-refractivity contribution in [1.29, 1.82) is 0 Å². The van der Waals surface area contributed by atoms with Crippen LogP contribution in [0.2, 0.25) is 20.1 Å². The lowest BCUT2D eigenvalue weighted by molar-refractivity contribution is -0.460. The minimum Gasteiger partial charge on any atom is -0.382 e. The largest absolute Gasteiger partial charge is 0.382 e. The van der Waals surface area contributed by atoms with Crippen LogP contribution in [0.5, 0.6) is 0 Å². The van der Waals surface area contributed by atoms with Crippen molar-refractivity contribution in [3.8, 4) is 0 Å². The molecule has 79 heavy (non-hydrogen) atoms. The van der Waals surface area contributed by atoms with Crippen molar-refractivity contribution in [2.24, 2.45) is 45.7 Å². The minimum absolute atomic E-state index is 0.0141. The molecule has 4 unspecified atom stereocenters. The first-order chi connectivity index (χ1) is 38.2. The molecule has 21 heteroatoms. The van der Waals surface area contributed by atoms with Gasteiger partial charge in [0.15, 0.2) is 5.69 Å². The molecule has 2 aromatic heterocycles. The van der Waals surface area contributed by atoms with Gasteiger partial charge in [-0.3, -0.25) is 0 Å². The molecule has 13 nitrogen and oxygen atoms in total. The van der Waals surface area contributed by atoms with Gasteiger partial charge in [0.05, 0.1) is 23.5 Å². The molecule has 0 saturated heterocycles. The molecule has 4 heterocycles. The van der Waals surface area contributed by atoms with Gasteiger partial charge in [0.1, 0.15) is 90.3 Å². The number of carbonyl (C=O) groups excluding carboxylic acids is 2. The van der Waals surface area contributed by atoms with Crippen molar-refractivity contribution < 1.29 is 47.5 Å². The van der Waals surface area contributed by atoms with E-state index in [-0.39, 0.29) is 59.1 Å². The highest BCUT2D eigenvalue weighted by atomic mass is 35.5. The fourth-order valence-corrected chi connectivity index (χ4v) is 16.9. The van der Waals surface area contributed by atoms with Crippen LogP contribution in [0, 0.1) is 53.7 Å². The average Bonchev–Trinajstić information content (AvgIpc) is 4.33. The number of aliphatic hydroxyl groups is 2. The molecule has 4 bridgehead atoms. The summed E-state index contributed by atoms with van der Waals surface area (Å²) in [6.07, 6.45) is 11.5. The predicted octanol–water partition coefficient (Wildman–Crippen LogP) is 15.2. The van der Waals surface area contributed by atoms with Gasteiger partial charge in [-0.05, 0) is 181 Å². The maximum Gasteiger partial charge on any atom is 0.373 e. The molecule has 2 aliphatic heterocycles. The van der Waals surface area contributed by atoms with Gasteiger partial charge in [-0.1, -0.05) is 64.6 Å². The lowest BCUT2D eigenvalue weighted by Crippen LogP contribution is -2.44. The van der Waals surface area contributed by atoms with Gasteiger partial charge in [-0.25, -0.2) is 23.6 Å². The second-order valence-electron chi connectivity index (χ2n) is 21.9. The van der Waals surface area contributed by atoms with Crippen LogP contribution in [0.4, 0.5) is 25.8 Å². The normalized spacial score (nSPS) is 27.8. The van der Waals surface area contributed by atoms with Crippen LogP contribution >= 0.6 is 69.1 Å². The number of para-hydroxylation sites is 3. The third-order valence-corrected chi connectivity index (χ3v) is 20.9. The maximum absolute atomic E-state index is 14.6. The van der Waals surface area contributed by atoms with Gasteiger partial charge in [-0.15, -0.1) is 22.7 Å². The van der Waals surface area contributed by atoms with E-state index in [1.54, 1.807) is 12.1 Å². The molecule has 408 valence electrons. The van der Waals surface area contributed by atoms with E-state index in [1.807, 2.05) is 51.9 Å². The summed E-state index contributed by atoms with van der Waals surface area (Å²) in [6, 6.07) is 18.8. The summed E-state index contributed by atoms with van der Waals surface area (Å²) in [5.41, 5.74) is 4.81. The molecule has 8 aliphatic rings. The molecule has 6 aliphatic carbocycles. The number of azo groups is 4. The summed E-state index contributed by atoms with van der Waals surface area (Å²) in [7, 11) is 0. The molecule has 0 radical (unpaired) electrons. The zero-order chi connectivity index (χ0) is 54.9. The molecule has 14 rings (SSSR count). The quantitative estimate of drug-likeness (QED) is 0.0907. The van der Waals surface area contributed by atoms with Gasteiger partial charge in [0.2, 0.25) is 11.4 Å².